The number of carbonyl (C=O) groups excluding carboxylic acids is 1. The number of carbonyl (C=O) groups is 1. The normalized spacial score (nSPS) is 17.7. The number of likely N-dealkylation sites (N-methyl/N-ethyl adjacent to an activating group) is 1. The summed E-state index contributed by atoms with van der Waals surface area (Å²) < 4.78 is 0. The first-order chi connectivity index (χ1) is 12.0. The zero-order valence-corrected chi connectivity index (χ0v) is 15.6. The first-order valence-electron chi connectivity index (χ1n) is 7.52. The third-order valence-electron chi connectivity index (χ3n) is 3.51. The first kappa shape index (κ1) is 17.9. The van der Waals surface area contributed by atoms with Gasteiger partial charge >= 0.3 is 0 Å². The van der Waals surface area contributed by atoms with Gasteiger partial charge in [0.1, 0.15) is 5.75 Å². The Labute approximate surface area is 159 Å². The van der Waals surface area contributed by atoms with Crippen molar-refractivity contribution in [1.82, 2.24) is 4.90 Å². The molecule has 1 aliphatic heterocycles. The minimum absolute atomic E-state index is 0.127. The maximum atomic E-state index is 12.6. The Morgan fingerprint density at radius 1 is 1.24 bits per heavy atom. The predicted octanol–water partition coefficient (Wildman–Crippen LogP) is 5.32. The number of benzene rings is 2. The molecular formula is C18H14Cl2N2O2S. The van der Waals surface area contributed by atoms with Crippen LogP contribution in [0.15, 0.2) is 52.4 Å². The van der Waals surface area contributed by atoms with Gasteiger partial charge in [-0.2, -0.15) is 0 Å². The van der Waals surface area contributed by atoms with E-state index in [1.807, 2.05) is 6.92 Å². The highest BCUT2D eigenvalue weighted by molar-refractivity contribution is 8.18. The lowest BCUT2D eigenvalue weighted by Crippen LogP contribution is -2.28. The summed E-state index contributed by atoms with van der Waals surface area (Å²) in [5.74, 6) is 0.000327. The maximum absolute atomic E-state index is 12.6. The molecule has 0 saturated carbocycles. The number of phenols is 1. The molecule has 1 saturated heterocycles. The van der Waals surface area contributed by atoms with E-state index in [1.54, 1.807) is 53.4 Å². The number of rotatable bonds is 3. The second-order valence-electron chi connectivity index (χ2n) is 5.24. The molecule has 1 fully saturated rings. The van der Waals surface area contributed by atoms with E-state index in [9.17, 15) is 9.90 Å². The van der Waals surface area contributed by atoms with E-state index in [-0.39, 0.29) is 11.7 Å². The standard InChI is InChI=1S/C18H14Cl2N2O2S/c1-2-22-17(24)16(8-11-6-7-12(19)9-15(11)20)25-18(22)21-13-4-3-5-14(23)10-13/h3-10,23H,2H2,1H3/b16-8-,21-18?. The van der Waals surface area contributed by atoms with Crippen LogP contribution in [0, 0.1) is 0 Å². The van der Waals surface area contributed by atoms with Crippen LogP contribution in [0.25, 0.3) is 6.08 Å². The van der Waals surface area contributed by atoms with Gasteiger partial charge in [-0.3, -0.25) is 9.69 Å². The average molecular weight is 393 g/mol. The van der Waals surface area contributed by atoms with Crippen molar-refractivity contribution in [2.75, 3.05) is 6.54 Å². The van der Waals surface area contributed by atoms with Gasteiger partial charge in [0.05, 0.1) is 10.6 Å². The van der Waals surface area contributed by atoms with E-state index in [1.165, 1.54) is 11.8 Å². The fourth-order valence-electron chi connectivity index (χ4n) is 2.30. The van der Waals surface area contributed by atoms with Gasteiger partial charge in [-0.1, -0.05) is 35.3 Å². The summed E-state index contributed by atoms with van der Waals surface area (Å²) in [6.45, 7) is 2.38. The molecule has 2 aromatic carbocycles. The molecule has 0 aliphatic carbocycles. The topological polar surface area (TPSA) is 52.9 Å². The highest BCUT2D eigenvalue weighted by atomic mass is 35.5. The van der Waals surface area contributed by atoms with Crippen LogP contribution in [0.1, 0.15) is 12.5 Å². The molecule has 0 unspecified atom stereocenters. The number of phenolic OH excluding ortho intramolecular Hbond substituents is 1. The Balaban J connectivity index is 1.96. The number of hydrogen-bond donors (Lipinski definition) is 1. The molecule has 1 aliphatic rings. The molecule has 1 heterocycles. The molecule has 0 atom stereocenters. The maximum Gasteiger partial charge on any atom is 0.266 e. The second kappa shape index (κ2) is 7.52. The Bertz CT molecular complexity index is 896. The van der Waals surface area contributed by atoms with E-state index in [0.29, 0.717) is 32.4 Å². The molecule has 1 amide bonds. The van der Waals surface area contributed by atoms with Gasteiger partial charge in [0.15, 0.2) is 5.17 Å². The summed E-state index contributed by atoms with van der Waals surface area (Å²) in [6, 6.07) is 11.7. The molecule has 128 valence electrons. The van der Waals surface area contributed by atoms with E-state index < -0.39 is 0 Å². The minimum atomic E-state index is -0.127. The van der Waals surface area contributed by atoms with Crippen LogP contribution >= 0.6 is 35.0 Å². The number of thioether (sulfide) groups is 1. The van der Waals surface area contributed by atoms with E-state index in [0.717, 1.165) is 5.56 Å². The van der Waals surface area contributed by atoms with Crippen molar-refractivity contribution in [3.05, 3.63) is 63.0 Å². The van der Waals surface area contributed by atoms with Crippen molar-refractivity contribution in [3.63, 3.8) is 0 Å². The molecular weight excluding hydrogens is 379 g/mol. The Morgan fingerprint density at radius 3 is 2.72 bits per heavy atom. The van der Waals surface area contributed by atoms with E-state index >= 15 is 0 Å². The van der Waals surface area contributed by atoms with Gasteiger partial charge in [-0.25, -0.2) is 4.99 Å². The van der Waals surface area contributed by atoms with Gasteiger partial charge in [-0.15, -0.1) is 0 Å². The van der Waals surface area contributed by atoms with Crippen LogP contribution in [0.5, 0.6) is 5.75 Å². The monoisotopic (exact) mass is 392 g/mol. The van der Waals surface area contributed by atoms with Gasteiger partial charge in [0, 0.05) is 22.7 Å². The van der Waals surface area contributed by atoms with Gasteiger partial charge in [0.2, 0.25) is 0 Å². The van der Waals surface area contributed by atoms with Gasteiger partial charge < -0.3 is 5.11 Å². The van der Waals surface area contributed by atoms with Crippen molar-refractivity contribution >= 4 is 57.8 Å². The number of amides is 1. The van der Waals surface area contributed by atoms with Crippen LogP contribution in [-0.4, -0.2) is 27.6 Å². The number of aromatic hydroxyl groups is 1. The lowest BCUT2D eigenvalue weighted by atomic mass is 10.2. The fourth-order valence-corrected chi connectivity index (χ4v) is 3.82. The summed E-state index contributed by atoms with van der Waals surface area (Å²) in [5, 5.41) is 11.2. The molecule has 0 aromatic heterocycles. The van der Waals surface area contributed by atoms with Crippen molar-refractivity contribution in [3.8, 4) is 5.75 Å². The average Bonchev–Trinajstić information content (AvgIpc) is 2.85. The lowest BCUT2D eigenvalue weighted by Gasteiger charge is -2.12. The van der Waals surface area contributed by atoms with Crippen molar-refractivity contribution < 1.29 is 9.90 Å². The van der Waals surface area contributed by atoms with Crippen LogP contribution in [-0.2, 0) is 4.79 Å². The number of hydrogen-bond acceptors (Lipinski definition) is 4. The molecule has 7 heteroatoms. The molecule has 2 aromatic rings. The summed E-state index contributed by atoms with van der Waals surface area (Å²) in [5.41, 5.74) is 1.30. The van der Waals surface area contributed by atoms with Crippen LogP contribution < -0.4 is 0 Å². The minimum Gasteiger partial charge on any atom is -0.508 e. The zero-order valence-electron chi connectivity index (χ0n) is 13.2. The van der Waals surface area contributed by atoms with Crippen molar-refractivity contribution in [2.45, 2.75) is 6.92 Å². The van der Waals surface area contributed by atoms with Crippen LogP contribution in [0.4, 0.5) is 5.69 Å². The van der Waals surface area contributed by atoms with Crippen LogP contribution in [0.2, 0.25) is 10.0 Å². The summed E-state index contributed by atoms with van der Waals surface area (Å²) in [4.78, 5) is 19.2. The van der Waals surface area contributed by atoms with E-state index in [4.69, 9.17) is 23.2 Å². The highest BCUT2D eigenvalue weighted by Gasteiger charge is 2.32. The fraction of sp³-hybridized carbons (Fsp3) is 0.111. The summed E-state index contributed by atoms with van der Waals surface area (Å²) >= 11 is 13.4. The van der Waals surface area contributed by atoms with Gasteiger partial charge in [-0.05, 0) is 54.6 Å². The molecule has 0 spiro atoms. The first-order valence-corrected chi connectivity index (χ1v) is 9.09. The van der Waals surface area contributed by atoms with Crippen LogP contribution in [0.3, 0.4) is 0 Å². The SMILES string of the molecule is CCN1C(=O)/C(=C/c2ccc(Cl)cc2Cl)SC1=Nc1cccc(O)c1. The third kappa shape index (κ3) is 4.00. The molecule has 3 rings (SSSR count). The largest absolute Gasteiger partial charge is 0.508 e. The number of amidine groups is 1. The Hall–Kier alpha value is -1.95. The third-order valence-corrected chi connectivity index (χ3v) is 5.08. The number of halogens is 2. The van der Waals surface area contributed by atoms with E-state index in [2.05, 4.69) is 4.99 Å². The Kier molecular flexibility index (Phi) is 5.37. The summed E-state index contributed by atoms with van der Waals surface area (Å²) in [6.07, 6.45) is 1.74. The predicted molar refractivity (Wildman–Crippen MR) is 105 cm³/mol. The van der Waals surface area contributed by atoms with Crippen molar-refractivity contribution in [1.29, 1.82) is 0 Å². The molecule has 4 nitrogen and oxygen atoms in total. The smallest absolute Gasteiger partial charge is 0.266 e. The number of aliphatic imine (C=N–C) groups is 1. The summed E-state index contributed by atoms with van der Waals surface area (Å²) in [7, 11) is 0. The Morgan fingerprint density at radius 2 is 2.04 bits per heavy atom. The van der Waals surface area contributed by atoms with Crippen molar-refractivity contribution in [2.24, 2.45) is 4.99 Å². The number of nitrogens with zero attached hydrogens (tertiary/aromatic N) is 2. The zero-order chi connectivity index (χ0) is 18.0. The second-order valence-corrected chi connectivity index (χ2v) is 7.09. The quantitative estimate of drug-likeness (QED) is 0.718. The molecule has 0 radical (unpaired) electrons. The van der Waals surface area contributed by atoms with Gasteiger partial charge in [0.25, 0.3) is 5.91 Å². The molecule has 0 bridgehead atoms. The highest BCUT2D eigenvalue weighted by Crippen LogP contribution is 2.35. The lowest BCUT2D eigenvalue weighted by molar-refractivity contribution is -0.122. The molecule has 1 N–H and O–H groups in total. The molecule has 25 heavy (non-hydrogen) atoms.